The molecule has 0 saturated heterocycles. The van der Waals surface area contributed by atoms with Crippen LogP contribution in [0.2, 0.25) is 0 Å². The molecular formula is C12H14F3N3O. The van der Waals surface area contributed by atoms with Gasteiger partial charge in [-0.15, -0.1) is 0 Å². The van der Waals surface area contributed by atoms with Crippen LogP contribution in [0.4, 0.5) is 24.5 Å². The number of nitrogens with two attached hydrogens (primary N) is 1. The van der Waals surface area contributed by atoms with Crippen LogP contribution in [-0.4, -0.2) is 25.7 Å². The van der Waals surface area contributed by atoms with E-state index in [2.05, 4.69) is 5.32 Å². The predicted molar refractivity (Wildman–Crippen MR) is 65.9 cm³/mol. The summed E-state index contributed by atoms with van der Waals surface area (Å²) in [6, 6.07) is 4.26. The van der Waals surface area contributed by atoms with Gasteiger partial charge in [-0.25, -0.2) is 0 Å². The average molecular weight is 273 g/mol. The third-order valence-electron chi connectivity index (χ3n) is 3.08. The largest absolute Gasteiger partial charge is 0.390 e. The van der Waals surface area contributed by atoms with Crippen molar-refractivity contribution in [1.82, 2.24) is 0 Å². The zero-order valence-corrected chi connectivity index (χ0v) is 10.3. The molecule has 0 saturated carbocycles. The van der Waals surface area contributed by atoms with Gasteiger partial charge in [0.1, 0.15) is 6.04 Å². The third kappa shape index (κ3) is 2.98. The van der Waals surface area contributed by atoms with E-state index in [-0.39, 0.29) is 12.5 Å². The second kappa shape index (κ2) is 4.73. The summed E-state index contributed by atoms with van der Waals surface area (Å²) >= 11 is 0. The van der Waals surface area contributed by atoms with Crippen molar-refractivity contribution in [3.8, 4) is 0 Å². The Morgan fingerprint density at radius 3 is 2.74 bits per heavy atom. The Labute approximate surface area is 108 Å². The van der Waals surface area contributed by atoms with Crippen molar-refractivity contribution in [1.29, 1.82) is 0 Å². The van der Waals surface area contributed by atoms with Crippen molar-refractivity contribution < 1.29 is 18.0 Å². The SMILES string of the molecule is CN(CCC(F)(F)F)c1ccc2c(c1)NC(=O)C2N. The van der Waals surface area contributed by atoms with E-state index in [0.717, 1.165) is 0 Å². The number of nitrogens with one attached hydrogen (secondary N) is 1. The van der Waals surface area contributed by atoms with Crippen LogP contribution in [0.1, 0.15) is 18.0 Å². The van der Waals surface area contributed by atoms with Gasteiger partial charge in [-0.3, -0.25) is 4.79 Å². The summed E-state index contributed by atoms with van der Waals surface area (Å²) in [6.45, 7) is -0.137. The molecule has 1 aromatic rings. The molecule has 7 heteroatoms. The van der Waals surface area contributed by atoms with Gasteiger partial charge in [-0.05, 0) is 12.1 Å². The molecule has 0 fully saturated rings. The molecule has 1 atom stereocenters. The minimum Gasteiger partial charge on any atom is -0.374 e. The molecule has 2 rings (SSSR count). The molecule has 4 nitrogen and oxygen atoms in total. The van der Waals surface area contributed by atoms with Gasteiger partial charge in [0.05, 0.1) is 6.42 Å². The lowest BCUT2D eigenvalue weighted by atomic mass is 10.1. The molecule has 0 aliphatic carbocycles. The van der Waals surface area contributed by atoms with Crippen molar-refractivity contribution in [3.05, 3.63) is 23.8 Å². The normalized spacial score (nSPS) is 18.2. The standard InChI is InChI=1S/C12H14F3N3O/c1-18(5-4-12(13,14)15)7-2-3-8-9(6-7)17-11(19)10(8)16/h2-3,6,10H,4-5,16H2,1H3,(H,17,19). The number of nitrogens with zero attached hydrogens (tertiary/aromatic N) is 1. The molecule has 1 amide bonds. The van der Waals surface area contributed by atoms with Crippen molar-refractivity contribution >= 4 is 17.3 Å². The van der Waals surface area contributed by atoms with E-state index < -0.39 is 18.6 Å². The highest BCUT2D eigenvalue weighted by molar-refractivity contribution is 6.02. The number of anilines is 2. The van der Waals surface area contributed by atoms with E-state index in [0.29, 0.717) is 16.9 Å². The Morgan fingerprint density at radius 2 is 2.11 bits per heavy atom. The van der Waals surface area contributed by atoms with Gasteiger partial charge >= 0.3 is 6.18 Å². The first-order valence-corrected chi connectivity index (χ1v) is 5.76. The number of hydrogen-bond acceptors (Lipinski definition) is 3. The Morgan fingerprint density at radius 1 is 1.42 bits per heavy atom. The predicted octanol–water partition coefficient (Wildman–Crippen LogP) is 2.03. The maximum atomic E-state index is 12.2. The summed E-state index contributed by atoms with van der Waals surface area (Å²) in [5.41, 5.74) is 7.49. The van der Waals surface area contributed by atoms with Gasteiger partial charge < -0.3 is 16.0 Å². The van der Waals surface area contributed by atoms with E-state index in [4.69, 9.17) is 5.73 Å². The Bertz CT molecular complexity index is 501. The topological polar surface area (TPSA) is 58.4 Å². The fraction of sp³-hybridized carbons (Fsp3) is 0.417. The molecule has 0 spiro atoms. The van der Waals surface area contributed by atoms with Crippen molar-refractivity contribution in [2.24, 2.45) is 5.73 Å². The lowest BCUT2D eigenvalue weighted by Crippen LogP contribution is -2.24. The molecule has 1 unspecified atom stereocenters. The zero-order chi connectivity index (χ0) is 14.2. The van der Waals surface area contributed by atoms with Crippen LogP contribution >= 0.6 is 0 Å². The first kappa shape index (κ1) is 13.7. The quantitative estimate of drug-likeness (QED) is 0.886. The monoisotopic (exact) mass is 273 g/mol. The Hall–Kier alpha value is -1.76. The van der Waals surface area contributed by atoms with Crippen LogP contribution in [0.5, 0.6) is 0 Å². The molecule has 0 radical (unpaired) electrons. The third-order valence-corrected chi connectivity index (χ3v) is 3.08. The van der Waals surface area contributed by atoms with Gasteiger partial charge in [0.2, 0.25) is 5.91 Å². The second-order valence-electron chi connectivity index (χ2n) is 4.53. The maximum absolute atomic E-state index is 12.2. The zero-order valence-electron chi connectivity index (χ0n) is 10.3. The number of fused-ring (bicyclic) bond motifs is 1. The molecule has 3 N–H and O–H groups in total. The maximum Gasteiger partial charge on any atom is 0.390 e. The van der Waals surface area contributed by atoms with Gasteiger partial charge in [0.25, 0.3) is 0 Å². The summed E-state index contributed by atoms with van der Waals surface area (Å²) in [6.07, 6.45) is -5.06. The minimum atomic E-state index is -4.18. The number of benzene rings is 1. The molecule has 1 aliphatic rings. The number of amides is 1. The molecular weight excluding hydrogens is 259 g/mol. The number of rotatable bonds is 3. The second-order valence-corrected chi connectivity index (χ2v) is 4.53. The minimum absolute atomic E-state index is 0.137. The van der Waals surface area contributed by atoms with Crippen LogP contribution in [0.25, 0.3) is 0 Å². The Kier molecular flexibility index (Phi) is 3.40. The van der Waals surface area contributed by atoms with E-state index in [9.17, 15) is 18.0 Å². The van der Waals surface area contributed by atoms with E-state index in [1.165, 1.54) is 4.90 Å². The smallest absolute Gasteiger partial charge is 0.374 e. The number of halogens is 3. The summed E-state index contributed by atoms with van der Waals surface area (Å²) in [5.74, 6) is -0.301. The van der Waals surface area contributed by atoms with Gasteiger partial charge in [-0.2, -0.15) is 13.2 Å². The highest BCUT2D eigenvalue weighted by Crippen LogP contribution is 2.32. The fourth-order valence-electron chi connectivity index (χ4n) is 1.94. The summed E-state index contributed by atoms with van der Waals surface area (Å²) < 4.78 is 36.5. The molecule has 104 valence electrons. The van der Waals surface area contributed by atoms with Crippen molar-refractivity contribution in [2.75, 3.05) is 23.8 Å². The molecule has 0 aromatic heterocycles. The molecule has 1 aromatic carbocycles. The summed E-state index contributed by atoms with van der Waals surface area (Å²) in [5, 5.41) is 2.60. The fourth-order valence-corrected chi connectivity index (χ4v) is 1.94. The highest BCUT2D eigenvalue weighted by atomic mass is 19.4. The number of carbonyl (C=O) groups excluding carboxylic acids is 1. The first-order chi connectivity index (χ1) is 8.78. The van der Waals surface area contributed by atoms with Crippen molar-refractivity contribution in [2.45, 2.75) is 18.6 Å². The number of carbonyl (C=O) groups is 1. The van der Waals surface area contributed by atoms with Crippen LogP contribution in [0.15, 0.2) is 18.2 Å². The van der Waals surface area contributed by atoms with Crippen LogP contribution < -0.4 is 16.0 Å². The van der Waals surface area contributed by atoms with Gasteiger partial charge in [0, 0.05) is 30.5 Å². The van der Waals surface area contributed by atoms with Crippen LogP contribution in [0.3, 0.4) is 0 Å². The van der Waals surface area contributed by atoms with Crippen LogP contribution in [-0.2, 0) is 4.79 Å². The van der Waals surface area contributed by atoms with E-state index in [1.807, 2.05) is 0 Å². The van der Waals surface area contributed by atoms with Gasteiger partial charge in [-0.1, -0.05) is 6.07 Å². The molecule has 19 heavy (non-hydrogen) atoms. The lowest BCUT2D eigenvalue weighted by Gasteiger charge is -2.20. The van der Waals surface area contributed by atoms with Gasteiger partial charge in [0.15, 0.2) is 0 Å². The molecule has 0 bridgehead atoms. The molecule has 1 heterocycles. The summed E-state index contributed by atoms with van der Waals surface area (Å²) in [7, 11) is 1.57. The molecule has 1 aliphatic heterocycles. The first-order valence-electron chi connectivity index (χ1n) is 5.76. The van der Waals surface area contributed by atoms with E-state index >= 15 is 0 Å². The number of alkyl halides is 3. The van der Waals surface area contributed by atoms with E-state index in [1.54, 1.807) is 25.2 Å². The highest BCUT2D eigenvalue weighted by Gasteiger charge is 2.29. The van der Waals surface area contributed by atoms with Crippen LogP contribution in [0, 0.1) is 0 Å². The Balaban J connectivity index is 2.11. The average Bonchev–Trinajstić information content (AvgIpc) is 2.61. The number of hydrogen-bond donors (Lipinski definition) is 2. The lowest BCUT2D eigenvalue weighted by molar-refractivity contribution is -0.132. The summed E-state index contributed by atoms with van der Waals surface area (Å²) in [4.78, 5) is 12.9. The van der Waals surface area contributed by atoms with Crippen molar-refractivity contribution in [3.63, 3.8) is 0 Å².